The molecular weight excluding hydrogens is 167 g/mol. The third-order valence-electron chi connectivity index (χ3n) is 0. The van der Waals surface area contributed by atoms with Gasteiger partial charge in [-0.05, 0) is 0 Å². The Hall–Kier alpha value is -0.173. The maximum absolute atomic E-state index is 7.33. The second-order valence-electron chi connectivity index (χ2n) is 0.600. The van der Waals surface area contributed by atoms with Gasteiger partial charge in [0.1, 0.15) is 0 Å². The van der Waals surface area contributed by atoms with Crippen molar-refractivity contribution in [3.05, 3.63) is 0 Å². The molecule has 0 unspecified atom stereocenters. The molecule has 0 saturated heterocycles. The van der Waals surface area contributed by atoms with Crippen molar-refractivity contribution in [3.63, 3.8) is 0 Å². The molecule has 0 aliphatic rings. The van der Waals surface area contributed by atoms with Crippen LogP contribution in [0.2, 0.25) is 0 Å². The minimum Gasteiger partial charge on any atom is -0.368 e. The van der Waals surface area contributed by atoms with Gasteiger partial charge in [-0.15, -0.1) is 0 Å². The maximum Gasteiger partial charge on any atom is 0.668 e. The third-order valence-corrected chi connectivity index (χ3v) is 0. The van der Waals surface area contributed by atoms with E-state index in [9.17, 15) is 0 Å². The van der Waals surface area contributed by atoms with Crippen molar-refractivity contribution in [3.8, 4) is 0 Å². The van der Waals surface area contributed by atoms with E-state index in [1.165, 1.54) is 0 Å². The predicted octanol–water partition coefficient (Wildman–Crippen LogP) is -1.81. The van der Waals surface area contributed by atoms with Crippen LogP contribution in [0.15, 0.2) is 0 Å². The van der Waals surface area contributed by atoms with Gasteiger partial charge in [-0.25, -0.2) is 0 Å². The van der Waals surface area contributed by atoms with Crippen molar-refractivity contribution in [2.45, 2.75) is 0 Å². The lowest BCUT2D eigenvalue weighted by Gasteiger charge is -1.91. The number of rotatable bonds is 0. The van der Waals surface area contributed by atoms with E-state index in [-0.39, 0.29) is 29.3 Å². The van der Waals surface area contributed by atoms with Gasteiger partial charge >= 0.3 is 9.05 Å². The first-order valence-corrected chi connectivity index (χ1v) is 2.68. The summed E-state index contributed by atoms with van der Waals surface area (Å²) in [5.41, 5.74) is 0. The molecule has 0 spiro atoms. The summed E-state index contributed by atoms with van der Waals surface area (Å²) in [5, 5.41) is 0. The number of hydrogen-bond acceptors (Lipinski definition) is 8. The van der Waals surface area contributed by atoms with Crippen LogP contribution < -0.4 is 24.6 Å². The Kier molecular flexibility index (Phi) is 83.3. The lowest BCUT2D eigenvalue weighted by molar-refractivity contribution is 0.117. The van der Waals surface area contributed by atoms with Gasteiger partial charge in [0.2, 0.25) is 0 Å². The molecule has 0 aliphatic heterocycles. The molecular formula is H17FN4O4Si. The van der Waals surface area contributed by atoms with Crippen molar-refractivity contribution in [2.75, 3.05) is 0 Å². The van der Waals surface area contributed by atoms with Gasteiger partial charge in [0.25, 0.3) is 0 Å². The van der Waals surface area contributed by atoms with Crippen molar-refractivity contribution in [1.82, 2.24) is 24.6 Å². The van der Waals surface area contributed by atoms with Crippen molar-refractivity contribution in [2.24, 2.45) is 0 Å². The Balaban J connectivity index is -0.00000000800. The van der Waals surface area contributed by atoms with Gasteiger partial charge in [-0.2, -0.15) is 0 Å². The highest BCUT2D eigenvalue weighted by Gasteiger charge is 2.22. The first kappa shape index (κ1) is 52.3. The molecule has 0 aromatic carbocycles. The lowest BCUT2D eigenvalue weighted by Crippen LogP contribution is -2.33. The minimum absolute atomic E-state index is 0. The molecule has 0 rings (SSSR count). The Bertz CT molecular complexity index is 32.7. The smallest absolute Gasteiger partial charge is 0.368 e. The van der Waals surface area contributed by atoms with E-state index < -0.39 is 9.05 Å². The second-order valence-corrected chi connectivity index (χ2v) is 1.80. The van der Waals surface area contributed by atoms with Crippen LogP contribution in [-0.4, -0.2) is 28.2 Å². The largest absolute Gasteiger partial charge is 0.668 e. The molecule has 0 aromatic heterocycles. The quantitative estimate of drug-likeness (QED) is 0.200. The first-order chi connectivity index (χ1) is 2.00. The molecule has 0 fully saturated rings. The van der Waals surface area contributed by atoms with Gasteiger partial charge in [0, 0.05) is 0 Å². The Labute approximate surface area is 58.7 Å². The highest BCUT2D eigenvalue weighted by molar-refractivity contribution is 6.46. The molecule has 0 saturated carbocycles. The average Bonchev–Trinajstić information content (AvgIpc) is 0.722. The average molecular weight is 184 g/mol. The van der Waals surface area contributed by atoms with Gasteiger partial charge in [-0.3, -0.25) is 4.70 Å². The molecule has 0 amide bonds. The second kappa shape index (κ2) is 15.9. The van der Waals surface area contributed by atoms with Gasteiger partial charge in [-0.1, -0.05) is 0 Å². The van der Waals surface area contributed by atoms with Crippen molar-refractivity contribution in [1.29, 1.82) is 0 Å². The van der Waals surface area contributed by atoms with E-state index in [1.54, 1.807) is 0 Å². The van der Waals surface area contributed by atoms with Gasteiger partial charge in [0.15, 0.2) is 0 Å². The normalized spacial score (nSPS) is 6.00. The summed E-state index contributed by atoms with van der Waals surface area (Å²) in [5.74, 6) is 0. The Morgan fingerprint density at radius 1 is 0.600 bits per heavy atom. The highest BCUT2D eigenvalue weighted by Crippen LogP contribution is 1.67. The summed E-state index contributed by atoms with van der Waals surface area (Å²) in [6.07, 6.45) is 0. The van der Waals surface area contributed by atoms with Crippen LogP contribution in [-0.2, 0) is 0 Å². The predicted molar refractivity (Wildman–Crippen MR) is 37.2 cm³/mol. The van der Waals surface area contributed by atoms with E-state index in [0.29, 0.717) is 0 Å². The molecule has 0 aliphatic carbocycles. The van der Waals surface area contributed by atoms with Crippen molar-refractivity contribution < 1.29 is 23.9 Å². The number of halogens is 1. The topological polar surface area (TPSA) is 221 Å². The summed E-state index contributed by atoms with van der Waals surface area (Å²) < 4.78 is 0. The molecule has 0 aromatic rings. The molecule has 8 nitrogen and oxygen atoms in total. The lowest BCUT2D eigenvalue weighted by atomic mass is 14.0. The zero-order valence-corrected chi connectivity index (χ0v) is 6.53. The summed E-state index contributed by atoms with van der Waals surface area (Å²) in [6.45, 7) is 0. The number of hydrogen-bond donors (Lipinski definition) is 8. The van der Waals surface area contributed by atoms with Crippen LogP contribution >= 0.6 is 0 Å². The van der Waals surface area contributed by atoms with Crippen LogP contribution in [0.3, 0.4) is 0 Å². The van der Waals surface area contributed by atoms with E-state index in [0.717, 1.165) is 0 Å². The summed E-state index contributed by atoms with van der Waals surface area (Å²) in [4.78, 5) is 29.3. The SMILES string of the molecule is F.N.N.N.N.O[Si](O)(O)O. The first-order valence-electron chi connectivity index (χ1n) is 0.894. The van der Waals surface area contributed by atoms with Gasteiger partial charge < -0.3 is 43.8 Å². The van der Waals surface area contributed by atoms with E-state index in [1.807, 2.05) is 0 Å². The van der Waals surface area contributed by atoms with Crippen LogP contribution in [0.5, 0.6) is 0 Å². The Morgan fingerprint density at radius 2 is 0.600 bits per heavy atom. The van der Waals surface area contributed by atoms with Crippen LogP contribution in [0.25, 0.3) is 0 Å². The van der Waals surface area contributed by atoms with Crippen LogP contribution in [0.1, 0.15) is 0 Å². The van der Waals surface area contributed by atoms with E-state index >= 15 is 0 Å². The summed E-state index contributed by atoms with van der Waals surface area (Å²) in [7, 11) is -4.61. The molecule has 0 atom stereocenters. The van der Waals surface area contributed by atoms with Crippen molar-refractivity contribution >= 4 is 9.05 Å². The molecule has 72 valence electrons. The fraction of sp³-hybridized carbons (Fsp3) is 0. The van der Waals surface area contributed by atoms with Crippen LogP contribution in [0.4, 0.5) is 4.70 Å². The molecule has 0 heterocycles. The summed E-state index contributed by atoms with van der Waals surface area (Å²) >= 11 is 0. The van der Waals surface area contributed by atoms with Gasteiger partial charge in [0.05, 0.1) is 0 Å². The molecule has 10 heteroatoms. The van der Waals surface area contributed by atoms with E-state index in [4.69, 9.17) is 19.2 Å². The fourth-order valence-corrected chi connectivity index (χ4v) is 0. The fourth-order valence-electron chi connectivity index (χ4n) is 0. The summed E-state index contributed by atoms with van der Waals surface area (Å²) in [6, 6.07) is 0. The minimum atomic E-state index is -4.61. The third kappa shape index (κ3) is 12200. The maximum atomic E-state index is 7.33. The standard InChI is InChI=1S/FH.4H3N.H4O4Si/c;;;;;1-5(2,3)4/h1H;4*1H3;1-4H. The molecule has 0 bridgehead atoms. The molecule has 0 radical (unpaired) electrons. The zero-order chi connectivity index (χ0) is 4.50. The Morgan fingerprint density at radius 3 is 0.600 bits per heavy atom. The van der Waals surface area contributed by atoms with Crippen LogP contribution in [0, 0.1) is 0 Å². The molecule has 10 heavy (non-hydrogen) atoms. The molecule has 16 N–H and O–H groups in total. The van der Waals surface area contributed by atoms with E-state index in [2.05, 4.69) is 0 Å². The monoisotopic (exact) mass is 184 g/mol. The zero-order valence-electron chi connectivity index (χ0n) is 5.53. The highest BCUT2D eigenvalue weighted by atomic mass is 28.4.